The molecule has 0 saturated heterocycles. The number of nitrogens with zero attached hydrogens (tertiary/aromatic N) is 1. The Labute approximate surface area is 97.5 Å². The Kier molecular flexibility index (Phi) is 3.35. The molecule has 0 aliphatic rings. The molecule has 0 amide bonds. The number of aromatic nitrogens is 1. The number of hydrogen-bond acceptors (Lipinski definition) is 2. The standard InChI is InChI=1S/C12H11BrN2/c13-12-10(5-4-8-14-12)9-15-11-6-2-1-3-7-11/h1-8,15H,9H2. The van der Waals surface area contributed by atoms with Crippen molar-refractivity contribution in [2.45, 2.75) is 6.54 Å². The molecule has 0 atom stereocenters. The maximum atomic E-state index is 4.17. The summed E-state index contributed by atoms with van der Waals surface area (Å²) in [5.41, 5.74) is 2.27. The van der Waals surface area contributed by atoms with Crippen molar-refractivity contribution in [3.63, 3.8) is 0 Å². The lowest BCUT2D eigenvalue weighted by Gasteiger charge is -2.06. The second-order valence-electron chi connectivity index (χ2n) is 3.17. The molecule has 2 aromatic rings. The number of pyridine rings is 1. The van der Waals surface area contributed by atoms with Crippen LogP contribution in [0.3, 0.4) is 0 Å². The maximum Gasteiger partial charge on any atom is 0.111 e. The van der Waals surface area contributed by atoms with Crippen molar-refractivity contribution in [1.29, 1.82) is 0 Å². The van der Waals surface area contributed by atoms with Crippen molar-refractivity contribution in [2.24, 2.45) is 0 Å². The first-order valence-electron chi connectivity index (χ1n) is 4.74. The largest absolute Gasteiger partial charge is 0.381 e. The zero-order valence-corrected chi connectivity index (χ0v) is 9.74. The summed E-state index contributed by atoms with van der Waals surface area (Å²) in [5, 5.41) is 3.33. The number of hydrogen-bond donors (Lipinski definition) is 1. The van der Waals surface area contributed by atoms with Crippen LogP contribution in [-0.4, -0.2) is 4.98 Å². The fraction of sp³-hybridized carbons (Fsp3) is 0.0833. The van der Waals surface area contributed by atoms with Crippen LogP contribution >= 0.6 is 15.9 Å². The molecule has 1 heterocycles. The molecule has 3 heteroatoms. The van der Waals surface area contributed by atoms with Crippen molar-refractivity contribution in [2.75, 3.05) is 5.32 Å². The van der Waals surface area contributed by atoms with Crippen LogP contribution in [-0.2, 0) is 6.54 Å². The lowest BCUT2D eigenvalue weighted by molar-refractivity contribution is 1.09. The zero-order valence-electron chi connectivity index (χ0n) is 8.15. The second-order valence-corrected chi connectivity index (χ2v) is 3.92. The molecule has 2 rings (SSSR count). The highest BCUT2D eigenvalue weighted by Gasteiger charge is 1.98. The van der Waals surface area contributed by atoms with Crippen molar-refractivity contribution < 1.29 is 0 Å². The van der Waals surface area contributed by atoms with Gasteiger partial charge in [-0.2, -0.15) is 0 Å². The molecule has 0 aliphatic heterocycles. The molecule has 0 bridgehead atoms. The Morgan fingerprint density at radius 3 is 2.60 bits per heavy atom. The smallest absolute Gasteiger partial charge is 0.111 e. The normalized spacial score (nSPS) is 9.93. The van der Waals surface area contributed by atoms with Gasteiger partial charge >= 0.3 is 0 Å². The molecule has 2 nitrogen and oxygen atoms in total. The summed E-state index contributed by atoms with van der Waals surface area (Å²) in [6.07, 6.45) is 1.77. The first-order chi connectivity index (χ1) is 7.36. The number of rotatable bonds is 3. The summed E-state index contributed by atoms with van der Waals surface area (Å²) in [6.45, 7) is 0.776. The number of para-hydroxylation sites is 1. The molecule has 0 aliphatic carbocycles. The first kappa shape index (κ1) is 10.2. The quantitative estimate of drug-likeness (QED) is 0.858. The minimum Gasteiger partial charge on any atom is -0.381 e. The Morgan fingerprint density at radius 1 is 1.07 bits per heavy atom. The third-order valence-corrected chi connectivity index (χ3v) is 2.81. The van der Waals surface area contributed by atoms with Gasteiger partial charge < -0.3 is 5.32 Å². The fourth-order valence-corrected chi connectivity index (χ4v) is 1.70. The van der Waals surface area contributed by atoms with Gasteiger partial charge in [0.05, 0.1) is 0 Å². The molecule has 1 aromatic carbocycles. The van der Waals surface area contributed by atoms with Crippen LogP contribution in [0.15, 0.2) is 53.3 Å². The van der Waals surface area contributed by atoms with Gasteiger partial charge in [-0.1, -0.05) is 24.3 Å². The van der Waals surface area contributed by atoms with Crippen molar-refractivity contribution >= 4 is 21.6 Å². The lowest BCUT2D eigenvalue weighted by atomic mass is 10.2. The van der Waals surface area contributed by atoms with E-state index >= 15 is 0 Å². The highest BCUT2D eigenvalue weighted by molar-refractivity contribution is 9.10. The summed E-state index contributed by atoms with van der Waals surface area (Å²) in [4.78, 5) is 4.17. The van der Waals surface area contributed by atoms with E-state index in [-0.39, 0.29) is 0 Å². The van der Waals surface area contributed by atoms with Crippen LogP contribution in [0.1, 0.15) is 5.56 Å². The predicted octanol–water partition coefficient (Wildman–Crippen LogP) is 3.46. The molecule has 0 saturated carbocycles. The summed E-state index contributed by atoms with van der Waals surface area (Å²) in [5.74, 6) is 0. The van der Waals surface area contributed by atoms with Gasteiger partial charge in [0, 0.05) is 24.0 Å². The zero-order chi connectivity index (χ0) is 10.5. The van der Waals surface area contributed by atoms with Gasteiger partial charge in [-0.05, 0) is 34.1 Å². The van der Waals surface area contributed by atoms with Crippen molar-refractivity contribution in [3.05, 3.63) is 58.8 Å². The van der Waals surface area contributed by atoms with Crippen LogP contribution in [0.4, 0.5) is 5.69 Å². The number of anilines is 1. The van der Waals surface area contributed by atoms with E-state index in [1.165, 1.54) is 0 Å². The van der Waals surface area contributed by atoms with E-state index in [4.69, 9.17) is 0 Å². The third-order valence-electron chi connectivity index (χ3n) is 2.09. The average molecular weight is 263 g/mol. The van der Waals surface area contributed by atoms with Gasteiger partial charge in [0.2, 0.25) is 0 Å². The lowest BCUT2D eigenvalue weighted by Crippen LogP contribution is -2.00. The van der Waals surface area contributed by atoms with Crippen LogP contribution in [0, 0.1) is 0 Å². The Hall–Kier alpha value is -1.35. The Bertz CT molecular complexity index is 429. The van der Waals surface area contributed by atoms with E-state index in [0.29, 0.717) is 0 Å². The second kappa shape index (κ2) is 4.94. The van der Waals surface area contributed by atoms with Crippen LogP contribution < -0.4 is 5.32 Å². The topological polar surface area (TPSA) is 24.9 Å². The van der Waals surface area contributed by atoms with E-state index in [1.54, 1.807) is 6.20 Å². The molecule has 15 heavy (non-hydrogen) atoms. The van der Waals surface area contributed by atoms with E-state index < -0.39 is 0 Å². The number of nitrogens with one attached hydrogen (secondary N) is 1. The SMILES string of the molecule is Brc1ncccc1CNc1ccccc1. The number of benzene rings is 1. The minimum absolute atomic E-state index is 0.776. The molecule has 76 valence electrons. The van der Waals surface area contributed by atoms with E-state index in [0.717, 1.165) is 22.4 Å². The molecule has 0 fully saturated rings. The van der Waals surface area contributed by atoms with Crippen molar-refractivity contribution in [3.8, 4) is 0 Å². The molecular formula is C12H11BrN2. The minimum atomic E-state index is 0.776. The van der Waals surface area contributed by atoms with E-state index in [9.17, 15) is 0 Å². The summed E-state index contributed by atoms with van der Waals surface area (Å²) in [6, 6.07) is 14.1. The molecule has 1 N–H and O–H groups in total. The van der Waals surface area contributed by atoms with Crippen LogP contribution in [0.5, 0.6) is 0 Å². The summed E-state index contributed by atoms with van der Waals surface area (Å²) >= 11 is 3.42. The van der Waals surface area contributed by atoms with E-state index in [2.05, 4.69) is 26.2 Å². The van der Waals surface area contributed by atoms with Crippen LogP contribution in [0.2, 0.25) is 0 Å². The monoisotopic (exact) mass is 262 g/mol. The number of halogens is 1. The molecule has 1 aromatic heterocycles. The predicted molar refractivity (Wildman–Crippen MR) is 65.7 cm³/mol. The van der Waals surface area contributed by atoms with Gasteiger partial charge in [0.1, 0.15) is 4.60 Å². The molecule has 0 radical (unpaired) electrons. The molecule has 0 unspecified atom stereocenters. The van der Waals surface area contributed by atoms with Gasteiger partial charge in [-0.3, -0.25) is 0 Å². The maximum absolute atomic E-state index is 4.17. The highest BCUT2D eigenvalue weighted by atomic mass is 79.9. The van der Waals surface area contributed by atoms with Gasteiger partial charge in [0.15, 0.2) is 0 Å². The molecular weight excluding hydrogens is 252 g/mol. The summed E-state index contributed by atoms with van der Waals surface area (Å²) in [7, 11) is 0. The van der Waals surface area contributed by atoms with Gasteiger partial charge in [0.25, 0.3) is 0 Å². The summed E-state index contributed by atoms with van der Waals surface area (Å²) < 4.78 is 0.897. The van der Waals surface area contributed by atoms with E-state index in [1.807, 2.05) is 42.5 Å². The first-order valence-corrected chi connectivity index (χ1v) is 5.54. The highest BCUT2D eigenvalue weighted by Crippen LogP contribution is 2.14. The Morgan fingerprint density at radius 2 is 1.87 bits per heavy atom. The van der Waals surface area contributed by atoms with Crippen molar-refractivity contribution in [1.82, 2.24) is 4.98 Å². The van der Waals surface area contributed by atoms with Gasteiger partial charge in [-0.25, -0.2) is 4.98 Å². The van der Waals surface area contributed by atoms with Gasteiger partial charge in [-0.15, -0.1) is 0 Å². The Balaban J connectivity index is 2.03. The fourth-order valence-electron chi connectivity index (χ4n) is 1.30. The third kappa shape index (κ3) is 2.80. The molecule has 0 spiro atoms. The average Bonchev–Trinajstić information content (AvgIpc) is 2.29. The van der Waals surface area contributed by atoms with Crippen LogP contribution in [0.25, 0.3) is 0 Å².